The first-order valence-corrected chi connectivity index (χ1v) is 4.66. The van der Waals surface area contributed by atoms with E-state index in [1.807, 2.05) is 0 Å². The van der Waals surface area contributed by atoms with Gasteiger partial charge in [0.25, 0.3) is 0 Å². The van der Waals surface area contributed by atoms with Crippen LogP contribution in [-0.2, 0) is 23.7 Å². The Kier molecular flexibility index (Phi) is 4.46. The summed E-state index contributed by atoms with van der Waals surface area (Å²) >= 11 is 0. The molecule has 0 aliphatic carbocycles. The first-order valence-electron chi connectivity index (χ1n) is 4.66. The number of nitrogens with two attached hydrogens (primary N) is 1. The first-order chi connectivity index (χ1) is 7.15. The topological polar surface area (TPSA) is 80.0 Å². The summed E-state index contributed by atoms with van der Waals surface area (Å²) in [5, 5.41) is 0. The van der Waals surface area contributed by atoms with Crippen molar-refractivity contribution in [3.05, 3.63) is 0 Å². The van der Waals surface area contributed by atoms with Gasteiger partial charge in [-0.1, -0.05) is 0 Å². The second-order valence-corrected chi connectivity index (χ2v) is 3.36. The summed E-state index contributed by atoms with van der Waals surface area (Å²) in [6.45, 7) is 0.320. The molecule has 0 aromatic carbocycles. The highest BCUT2D eigenvalue weighted by molar-refractivity contribution is 5.79. The van der Waals surface area contributed by atoms with E-state index in [0.29, 0.717) is 6.61 Å². The molecular formula is C9H17NO5. The van der Waals surface area contributed by atoms with E-state index in [9.17, 15) is 4.79 Å². The third-order valence-corrected chi connectivity index (χ3v) is 2.47. The number of hydrogen-bond acceptors (Lipinski definition) is 6. The summed E-state index contributed by atoms with van der Waals surface area (Å²) in [6.07, 6.45) is -1.36. The number of carbonyl (C=O) groups is 1. The number of hydrogen-bond donors (Lipinski definition) is 1. The predicted molar refractivity (Wildman–Crippen MR) is 51.3 cm³/mol. The Morgan fingerprint density at radius 3 is 2.60 bits per heavy atom. The van der Waals surface area contributed by atoms with E-state index >= 15 is 0 Å². The Labute approximate surface area is 88.6 Å². The number of esters is 1. The van der Waals surface area contributed by atoms with Crippen LogP contribution in [0, 0.1) is 0 Å². The number of cyclic esters (lactones) is 1. The summed E-state index contributed by atoms with van der Waals surface area (Å²) in [4.78, 5) is 11.3. The maximum Gasteiger partial charge on any atom is 0.326 e. The summed E-state index contributed by atoms with van der Waals surface area (Å²) in [7, 11) is 4.55. The smallest absolute Gasteiger partial charge is 0.326 e. The van der Waals surface area contributed by atoms with E-state index < -0.39 is 24.2 Å². The van der Waals surface area contributed by atoms with Gasteiger partial charge in [-0.3, -0.25) is 4.79 Å². The minimum absolute atomic E-state index is 0.320. The zero-order valence-corrected chi connectivity index (χ0v) is 9.14. The van der Waals surface area contributed by atoms with Crippen molar-refractivity contribution in [1.29, 1.82) is 0 Å². The summed E-state index contributed by atoms with van der Waals surface area (Å²) in [6, 6.07) is -0.755. The van der Waals surface area contributed by atoms with Gasteiger partial charge in [-0.2, -0.15) is 0 Å². The van der Waals surface area contributed by atoms with E-state index in [1.54, 1.807) is 7.11 Å². The lowest BCUT2D eigenvalue weighted by Crippen LogP contribution is -2.45. The van der Waals surface area contributed by atoms with Crippen LogP contribution in [-0.4, -0.2) is 58.3 Å². The third-order valence-electron chi connectivity index (χ3n) is 2.47. The molecule has 1 heterocycles. The van der Waals surface area contributed by atoms with Gasteiger partial charge in [0.05, 0.1) is 6.61 Å². The van der Waals surface area contributed by atoms with Crippen LogP contribution in [0.15, 0.2) is 0 Å². The van der Waals surface area contributed by atoms with Crippen LogP contribution in [0.4, 0.5) is 0 Å². The van der Waals surface area contributed by atoms with Gasteiger partial charge in [0.2, 0.25) is 0 Å². The normalized spacial score (nSPS) is 32.8. The van der Waals surface area contributed by atoms with Crippen LogP contribution in [0.1, 0.15) is 0 Å². The predicted octanol–water partition coefficient (Wildman–Crippen LogP) is -1.08. The maximum atomic E-state index is 11.3. The molecule has 4 atom stereocenters. The van der Waals surface area contributed by atoms with Crippen molar-refractivity contribution < 1.29 is 23.7 Å². The highest BCUT2D eigenvalue weighted by atomic mass is 16.6. The molecule has 0 saturated carbocycles. The molecule has 6 heteroatoms. The Morgan fingerprint density at radius 1 is 1.47 bits per heavy atom. The summed E-state index contributed by atoms with van der Waals surface area (Å²) < 4.78 is 20.3. The fraction of sp³-hybridized carbons (Fsp3) is 0.889. The number of methoxy groups -OCH3 is 3. The zero-order valence-electron chi connectivity index (χ0n) is 9.14. The molecule has 1 aliphatic heterocycles. The molecule has 2 N–H and O–H groups in total. The Balaban J connectivity index is 2.70. The van der Waals surface area contributed by atoms with Crippen LogP contribution in [0.2, 0.25) is 0 Å². The van der Waals surface area contributed by atoms with Crippen molar-refractivity contribution in [2.75, 3.05) is 27.9 Å². The monoisotopic (exact) mass is 219 g/mol. The largest absolute Gasteiger partial charge is 0.455 e. The van der Waals surface area contributed by atoms with Gasteiger partial charge in [0.15, 0.2) is 6.10 Å². The summed E-state index contributed by atoms with van der Waals surface area (Å²) in [5.41, 5.74) is 5.62. The third kappa shape index (κ3) is 2.46. The Bertz CT molecular complexity index is 223. The van der Waals surface area contributed by atoms with Crippen LogP contribution >= 0.6 is 0 Å². The lowest BCUT2D eigenvalue weighted by atomic mass is 10.1. The second-order valence-electron chi connectivity index (χ2n) is 3.36. The molecule has 1 rings (SSSR count). The van der Waals surface area contributed by atoms with E-state index in [2.05, 4.69) is 0 Å². The first kappa shape index (κ1) is 12.4. The average Bonchev–Trinajstić information content (AvgIpc) is 2.51. The molecule has 15 heavy (non-hydrogen) atoms. The van der Waals surface area contributed by atoms with Crippen molar-refractivity contribution in [3.8, 4) is 0 Å². The van der Waals surface area contributed by atoms with Crippen molar-refractivity contribution in [2.45, 2.75) is 24.4 Å². The van der Waals surface area contributed by atoms with Crippen LogP contribution in [0.3, 0.4) is 0 Å². The van der Waals surface area contributed by atoms with Crippen molar-refractivity contribution in [2.24, 2.45) is 5.73 Å². The van der Waals surface area contributed by atoms with Crippen LogP contribution < -0.4 is 5.73 Å². The second kappa shape index (κ2) is 5.41. The van der Waals surface area contributed by atoms with Gasteiger partial charge >= 0.3 is 5.97 Å². The lowest BCUT2D eigenvalue weighted by Gasteiger charge is -2.24. The molecule has 0 aromatic rings. The molecule has 0 spiro atoms. The van der Waals surface area contributed by atoms with Gasteiger partial charge in [-0.15, -0.1) is 0 Å². The van der Waals surface area contributed by atoms with Gasteiger partial charge in [0.1, 0.15) is 18.2 Å². The molecule has 0 radical (unpaired) electrons. The quantitative estimate of drug-likeness (QED) is 0.592. The SMILES string of the molecule is COC[C@@H](OC)[C@H]1OC(=O)[C@@H](N)[C@H]1OC. The minimum atomic E-state index is -0.755. The standard InChI is InChI=1S/C9H17NO5/c1-12-4-5(13-2)7-8(14-3)6(10)9(11)15-7/h5-8H,4,10H2,1-3H3/t5-,6+,7-,8-/m1/s1. The average molecular weight is 219 g/mol. The van der Waals surface area contributed by atoms with E-state index in [0.717, 1.165) is 0 Å². The lowest BCUT2D eigenvalue weighted by molar-refractivity contribution is -0.151. The Morgan fingerprint density at radius 2 is 2.13 bits per heavy atom. The van der Waals surface area contributed by atoms with Gasteiger partial charge in [-0.05, 0) is 0 Å². The van der Waals surface area contributed by atoms with Gasteiger partial charge < -0.3 is 24.7 Å². The highest BCUT2D eigenvalue weighted by Gasteiger charge is 2.46. The van der Waals surface area contributed by atoms with Crippen LogP contribution in [0.25, 0.3) is 0 Å². The van der Waals surface area contributed by atoms with E-state index in [-0.39, 0.29) is 6.10 Å². The zero-order chi connectivity index (χ0) is 11.4. The molecule has 0 aromatic heterocycles. The molecule has 0 amide bonds. The number of ether oxygens (including phenoxy) is 4. The van der Waals surface area contributed by atoms with E-state index in [1.165, 1.54) is 14.2 Å². The van der Waals surface area contributed by atoms with Crippen molar-refractivity contribution >= 4 is 5.97 Å². The van der Waals surface area contributed by atoms with Gasteiger partial charge in [0, 0.05) is 21.3 Å². The fourth-order valence-electron chi connectivity index (χ4n) is 1.65. The summed E-state index contributed by atoms with van der Waals surface area (Å²) in [5.74, 6) is -0.468. The molecule has 6 nitrogen and oxygen atoms in total. The molecule has 0 bridgehead atoms. The molecule has 88 valence electrons. The number of carbonyl (C=O) groups excluding carboxylic acids is 1. The minimum Gasteiger partial charge on any atom is -0.455 e. The van der Waals surface area contributed by atoms with Crippen LogP contribution in [0.5, 0.6) is 0 Å². The molecular weight excluding hydrogens is 202 g/mol. The van der Waals surface area contributed by atoms with Crippen molar-refractivity contribution in [3.63, 3.8) is 0 Å². The fourth-order valence-corrected chi connectivity index (χ4v) is 1.65. The maximum absolute atomic E-state index is 11.3. The molecule has 1 saturated heterocycles. The molecule has 1 fully saturated rings. The van der Waals surface area contributed by atoms with Gasteiger partial charge in [-0.25, -0.2) is 0 Å². The highest BCUT2D eigenvalue weighted by Crippen LogP contribution is 2.21. The molecule has 1 aliphatic rings. The van der Waals surface area contributed by atoms with Crippen molar-refractivity contribution in [1.82, 2.24) is 0 Å². The number of rotatable bonds is 5. The Hall–Kier alpha value is -0.690. The molecule has 0 unspecified atom stereocenters. The van der Waals surface area contributed by atoms with E-state index in [4.69, 9.17) is 24.7 Å².